The smallest absolute Gasteiger partial charge is 0.245 e. The molecule has 6 nitrogen and oxygen atoms in total. The van der Waals surface area contributed by atoms with E-state index in [4.69, 9.17) is 0 Å². The first kappa shape index (κ1) is 17.3. The lowest BCUT2D eigenvalue weighted by molar-refractivity contribution is -0.125. The van der Waals surface area contributed by atoms with Gasteiger partial charge in [-0.3, -0.25) is 4.79 Å². The second-order valence-corrected chi connectivity index (χ2v) is 6.69. The van der Waals surface area contributed by atoms with Gasteiger partial charge in [-0.25, -0.2) is 4.68 Å². The number of carbonyl (C=O) groups is 1. The second kappa shape index (κ2) is 8.02. The minimum absolute atomic E-state index is 0.115. The van der Waals surface area contributed by atoms with Crippen molar-refractivity contribution in [3.05, 3.63) is 76.5 Å². The van der Waals surface area contributed by atoms with Crippen LogP contribution in [0.4, 0.5) is 0 Å². The molecule has 128 valence electrons. The molecular weight excluding hydrogens is 382 g/mol. The summed E-state index contributed by atoms with van der Waals surface area (Å²) in [5.41, 5.74) is 2.08. The molecule has 0 saturated carbocycles. The van der Waals surface area contributed by atoms with Gasteiger partial charge in [-0.2, -0.15) is 0 Å². The fourth-order valence-electron chi connectivity index (χ4n) is 2.60. The molecule has 2 atom stereocenters. The molecule has 2 aromatic carbocycles. The van der Waals surface area contributed by atoms with E-state index in [1.165, 1.54) is 11.0 Å². The van der Waals surface area contributed by atoms with Crippen LogP contribution >= 0.6 is 15.9 Å². The van der Waals surface area contributed by atoms with E-state index in [-0.39, 0.29) is 11.9 Å². The van der Waals surface area contributed by atoms with Gasteiger partial charge in [0.1, 0.15) is 12.4 Å². The summed E-state index contributed by atoms with van der Waals surface area (Å²) in [7, 11) is 0. The largest absolute Gasteiger partial charge is 0.348 e. The normalized spacial score (nSPS) is 13.2. The molecule has 3 aromatic rings. The fourth-order valence-corrected chi connectivity index (χ4v) is 2.86. The Bertz CT molecular complexity index is 805. The maximum Gasteiger partial charge on any atom is 0.245 e. The molecule has 1 aromatic heterocycles. The number of halogens is 1. The highest BCUT2D eigenvalue weighted by Gasteiger charge is 2.24. The zero-order chi connectivity index (χ0) is 17.6. The Balaban J connectivity index is 1.76. The van der Waals surface area contributed by atoms with Crippen molar-refractivity contribution >= 4 is 21.8 Å². The molecule has 1 heterocycles. The van der Waals surface area contributed by atoms with Crippen molar-refractivity contribution < 1.29 is 4.79 Å². The number of tetrazole rings is 1. The third kappa shape index (κ3) is 4.51. The van der Waals surface area contributed by atoms with Crippen LogP contribution in [-0.2, 0) is 11.2 Å². The molecule has 3 rings (SSSR count). The van der Waals surface area contributed by atoms with E-state index in [0.29, 0.717) is 6.42 Å². The molecule has 25 heavy (non-hydrogen) atoms. The Kier molecular flexibility index (Phi) is 5.55. The van der Waals surface area contributed by atoms with Crippen LogP contribution in [0.25, 0.3) is 0 Å². The van der Waals surface area contributed by atoms with E-state index < -0.39 is 6.04 Å². The van der Waals surface area contributed by atoms with Gasteiger partial charge in [0.15, 0.2) is 0 Å². The summed E-state index contributed by atoms with van der Waals surface area (Å²) in [6.07, 6.45) is 1.99. The van der Waals surface area contributed by atoms with Crippen LogP contribution in [0.5, 0.6) is 0 Å². The maximum atomic E-state index is 12.9. The van der Waals surface area contributed by atoms with Crippen LogP contribution in [0.15, 0.2) is 65.4 Å². The van der Waals surface area contributed by atoms with Crippen LogP contribution in [0, 0.1) is 0 Å². The molecule has 2 unspecified atom stereocenters. The van der Waals surface area contributed by atoms with Crippen molar-refractivity contribution in [3.63, 3.8) is 0 Å². The van der Waals surface area contributed by atoms with Crippen molar-refractivity contribution in [1.29, 1.82) is 0 Å². The van der Waals surface area contributed by atoms with Gasteiger partial charge in [-0.15, -0.1) is 5.10 Å². The van der Waals surface area contributed by atoms with E-state index >= 15 is 0 Å². The number of hydrogen-bond donors (Lipinski definition) is 1. The van der Waals surface area contributed by atoms with Crippen molar-refractivity contribution in [2.24, 2.45) is 0 Å². The number of carbonyl (C=O) groups excluding carboxylic acids is 1. The van der Waals surface area contributed by atoms with Gasteiger partial charge in [0, 0.05) is 10.9 Å². The number of amides is 1. The SMILES string of the molecule is CC(NC(=O)C(Cc1ccccc1)n1cnnn1)c1ccc(Br)cc1. The molecule has 1 amide bonds. The van der Waals surface area contributed by atoms with Gasteiger partial charge < -0.3 is 5.32 Å². The fraction of sp³-hybridized carbons (Fsp3) is 0.222. The quantitative estimate of drug-likeness (QED) is 0.690. The number of benzene rings is 2. The summed E-state index contributed by atoms with van der Waals surface area (Å²) in [5, 5.41) is 14.3. The molecule has 7 heteroatoms. The Hall–Kier alpha value is -2.54. The minimum Gasteiger partial charge on any atom is -0.348 e. The van der Waals surface area contributed by atoms with Crippen molar-refractivity contribution in [2.45, 2.75) is 25.4 Å². The minimum atomic E-state index is -0.504. The maximum absolute atomic E-state index is 12.9. The lowest BCUT2D eigenvalue weighted by Gasteiger charge is -2.20. The molecule has 0 aliphatic carbocycles. The molecule has 0 aliphatic rings. The lowest BCUT2D eigenvalue weighted by Crippen LogP contribution is -2.35. The van der Waals surface area contributed by atoms with Crippen LogP contribution in [0.1, 0.15) is 30.1 Å². The number of nitrogens with one attached hydrogen (secondary N) is 1. The van der Waals surface area contributed by atoms with Gasteiger partial charge >= 0.3 is 0 Å². The first-order valence-electron chi connectivity index (χ1n) is 7.95. The van der Waals surface area contributed by atoms with Crippen molar-refractivity contribution in [2.75, 3.05) is 0 Å². The average Bonchev–Trinajstić information content (AvgIpc) is 3.15. The van der Waals surface area contributed by atoms with Crippen molar-refractivity contribution in [3.8, 4) is 0 Å². The standard InChI is InChI=1S/C18H18BrN5O/c1-13(15-7-9-16(19)10-8-15)21-18(25)17(24-12-20-22-23-24)11-14-5-3-2-4-6-14/h2-10,12-13,17H,11H2,1H3,(H,21,25). The molecule has 0 fully saturated rings. The monoisotopic (exact) mass is 399 g/mol. The van der Waals surface area contributed by atoms with E-state index in [9.17, 15) is 4.79 Å². The van der Waals surface area contributed by atoms with Gasteiger partial charge in [-0.05, 0) is 40.6 Å². The van der Waals surface area contributed by atoms with Gasteiger partial charge in [0.05, 0.1) is 6.04 Å². The van der Waals surface area contributed by atoms with Crippen LogP contribution < -0.4 is 5.32 Å². The average molecular weight is 400 g/mol. The number of hydrogen-bond acceptors (Lipinski definition) is 4. The number of rotatable bonds is 6. The summed E-state index contributed by atoms with van der Waals surface area (Å²) in [6.45, 7) is 1.96. The van der Waals surface area contributed by atoms with Crippen molar-refractivity contribution in [1.82, 2.24) is 25.5 Å². The Morgan fingerprint density at radius 2 is 1.88 bits per heavy atom. The summed E-state index contributed by atoms with van der Waals surface area (Å²) >= 11 is 3.42. The van der Waals surface area contributed by atoms with E-state index in [1.54, 1.807) is 0 Å². The summed E-state index contributed by atoms with van der Waals surface area (Å²) < 4.78 is 2.50. The Morgan fingerprint density at radius 1 is 1.16 bits per heavy atom. The zero-order valence-electron chi connectivity index (χ0n) is 13.7. The second-order valence-electron chi connectivity index (χ2n) is 5.78. The van der Waals surface area contributed by atoms with Crippen LogP contribution in [0.2, 0.25) is 0 Å². The first-order chi connectivity index (χ1) is 12.1. The predicted octanol–water partition coefficient (Wildman–Crippen LogP) is 3.10. The van der Waals surface area contributed by atoms with Crippen LogP contribution in [-0.4, -0.2) is 26.1 Å². The highest BCUT2D eigenvalue weighted by molar-refractivity contribution is 9.10. The molecule has 0 spiro atoms. The molecule has 0 bridgehead atoms. The molecule has 0 saturated heterocycles. The lowest BCUT2D eigenvalue weighted by atomic mass is 10.0. The highest BCUT2D eigenvalue weighted by atomic mass is 79.9. The van der Waals surface area contributed by atoms with Gasteiger partial charge in [0.2, 0.25) is 5.91 Å². The Labute approximate surface area is 154 Å². The summed E-state index contributed by atoms with van der Waals surface area (Å²) in [5.74, 6) is -0.119. The number of aromatic nitrogens is 4. The molecule has 0 aliphatic heterocycles. The third-order valence-electron chi connectivity index (χ3n) is 3.99. The zero-order valence-corrected chi connectivity index (χ0v) is 15.3. The molecule has 1 N–H and O–H groups in total. The van der Waals surface area contributed by atoms with E-state index in [2.05, 4.69) is 36.8 Å². The topological polar surface area (TPSA) is 72.7 Å². The predicted molar refractivity (Wildman–Crippen MR) is 97.7 cm³/mol. The van der Waals surface area contributed by atoms with Gasteiger partial charge in [0.25, 0.3) is 0 Å². The van der Waals surface area contributed by atoms with E-state index in [0.717, 1.165) is 15.6 Å². The van der Waals surface area contributed by atoms with Gasteiger partial charge in [-0.1, -0.05) is 58.4 Å². The third-order valence-corrected chi connectivity index (χ3v) is 4.52. The van der Waals surface area contributed by atoms with E-state index in [1.807, 2.05) is 61.5 Å². The first-order valence-corrected chi connectivity index (χ1v) is 8.75. The molecular formula is C18H18BrN5O. The Morgan fingerprint density at radius 3 is 2.52 bits per heavy atom. The van der Waals surface area contributed by atoms with Crippen LogP contribution in [0.3, 0.4) is 0 Å². The number of nitrogens with zero attached hydrogens (tertiary/aromatic N) is 4. The summed E-state index contributed by atoms with van der Waals surface area (Å²) in [4.78, 5) is 12.9. The highest BCUT2D eigenvalue weighted by Crippen LogP contribution is 2.19. The molecule has 0 radical (unpaired) electrons. The summed E-state index contributed by atoms with van der Waals surface area (Å²) in [6, 6.07) is 17.1.